The first-order valence-corrected chi connectivity index (χ1v) is 3.16. The first kappa shape index (κ1) is 19.3. The van der Waals surface area contributed by atoms with Crippen molar-refractivity contribution in [2.75, 3.05) is 0 Å². The van der Waals surface area contributed by atoms with Crippen LogP contribution < -0.4 is 0 Å². The summed E-state index contributed by atoms with van der Waals surface area (Å²) in [5.74, 6) is 0. The summed E-state index contributed by atoms with van der Waals surface area (Å²) in [4.78, 5) is 6.42. The van der Waals surface area contributed by atoms with Crippen LogP contribution in [0.2, 0.25) is 0 Å². The zero-order valence-corrected chi connectivity index (χ0v) is 9.49. The van der Waals surface area contributed by atoms with Crippen LogP contribution in [0.1, 0.15) is 0 Å². The van der Waals surface area contributed by atoms with E-state index >= 15 is 0 Å². The summed E-state index contributed by atoms with van der Waals surface area (Å²) < 4.78 is 15.0. The minimum absolute atomic E-state index is 0. The summed E-state index contributed by atoms with van der Waals surface area (Å²) in [5.41, 5.74) is 0. The Morgan fingerprint density at radius 3 is 1.80 bits per heavy atom. The summed E-state index contributed by atoms with van der Waals surface area (Å²) >= 11 is 0. The molecule has 0 saturated carbocycles. The number of aromatic amines is 1. The van der Waals surface area contributed by atoms with Gasteiger partial charge in [0.25, 0.3) is 0 Å². The van der Waals surface area contributed by atoms with Gasteiger partial charge in [-0.05, 0) is 0 Å². The second kappa shape index (κ2) is 23.0. The van der Waals surface area contributed by atoms with E-state index in [2.05, 4.69) is 47.5 Å². The molecule has 0 saturated heterocycles. The first-order chi connectivity index (χ1) is 7.00. The van der Waals surface area contributed by atoms with Crippen molar-refractivity contribution in [2.45, 2.75) is 0 Å². The predicted molar refractivity (Wildman–Crippen MR) is 43.8 cm³/mol. The van der Waals surface area contributed by atoms with Crippen LogP contribution in [0.4, 0.5) is 0 Å². The molecule has 0 bridgehead atoms. The number of rotatable bonds is 0. The molecule has 2 aromatic rings. The first-order valence-electron chi connectivity index (χ1n) is 3.16. The maximum Gasteiger partial charge on any atom is 2.00 e. The average Bonchev–Trinajstić information content (AvgIpc) is 3.01. The smallest absolute Gasteiger partial charge is 0.999 e. The summed E-state index contributed by atoms with van der Waals surface area (Å²) in [6.45, 7) is 9.00. The second-order valence-electron chi connectivity index (χ2n) is 1.44. The van der Waals surface area contributed by atoms with E-state index in [9.17, 15) is 0 Å². The minimum atomic E-state index is 0. The number of nitrogens with zero attached hydrogens (tertiary/aromatic N) is 1. The fourth-order valence-electron chi connectivity index (χ4n) is 0.396. The topological polar surface area (TPSA) is 68.5 Å². The molecule has 2 rings (SSSR count). The van der Waals surface area contributed by atoms with Gasteiger partial charge in [-0.15, -0.1) is 0 Å². The van der Waals surface area contributed by atoms with Crippen LogP contribution in [0.5, 0.6) is 0 Å². The molecule has 1 aromatic carbocycles. The van der Waals surface area contributed by atoms with Gasteiger partial charge in [-0.2, -0.15) is 0 Å². The van der Waals surface area contributed by atoms with Gasteiger partial charge in [0.05, 0.1) is 6.33 Å². The standard InChI is InChI=1S/C5H.C3H4N2.2CO.Mo/c1-2-4-5-3-1;1-2-5-3-4-1;2*1-2;/h1H;1-3H,(H,4,5);;;/q-5;;;;+2. The maximum absolute atomic E-state index is 7.50. The molecule has 0 amide bonds. The summed E-state index contributed by atoms with van der Waals surface area (Å²) in [5, 5.41) is 0. The third-order valence-corrected chi connectivity index (χ3v) is 0.757. The molecule has 1 heterocycles. The molecule has 0 aliphatic rings. The number of H-pyrrole nitrogens is 1. The van der Waals surface area contributed by atoms with E-state index in [1.54, 1.807) is 24.8 Å². The molecule has 0 aliphatic heterocycles. The Morgan fingerprint density at radius 2 is 1.67 bits per heavy atom. The van der Waals surface area contributed by atoms with Crippen LogP contribution in [0.25, 0.3) is 0 Å². The molecular formula is C10H5MoN2O2-3. The maximum atomic E-state index is 7.50. The number of aromatic nitrogens is 2. The number of hydrogen-bond acceptors (Lipinski definition) is 1. The number of hydrogen-bond donors (Lipinski definition) is 1. The largest absolute Gasteiger partial charge is 2.00 e. The Labute approximate surface area is 103 Å². The molecule has 0 spiro atoms. The molecule has 5 heteroatoms. The van der Waals surface area contributed by atoms with Crippen LogP contribution in [0.15, 0.2) is 24.8 Å². The van der Waals surface area contributed by atoms with E-state index in [0.29, 0.717) is 0 Å². The summed E-state index contributed by atoms with van der Waals surface area (Å²) in [6, 6.07) is 12.0. The Bertz CT molecular complexity index is 221. The molecule has 0 fully saturated rings. The molecule has 15 heavy (non-hydrogen) atoms. The molecular weight excluding hydrogens is 276 g/mol. The van der Waals surface area contributed by atoms with Gasteiger partial charge >= 0.3 is 43.7 Å². The van der Waals surface area contributed by atoms with Crippen LogP contribution >= 0.6 is 0 Å². The van der Waals surface area contributed by atoms with E-state index in [-0.39, 0.29) is 21.1 Å². The van der Waals surface area contributed by atoms with Crippen LogP contribution in [-0.4, -0.2) is 9.97 Å². The van der Waals surface area contributed by atoms with Gasteiger partial charge in [0.1, 0.15) is 0 Å². The molecule has 0 unspecified atom stereocenters. The molecule has 0 radical (unpaired) electrons. The van der Waals surface area contributed by atoms with Crippen LogP contribution in [0, 0.1) is 37.6 Å². The predicted octanol–water partition coefficient (Wildman–Crippen LogP) is 0.938. The zero-order chi connectivity index (χ0) is 11.1. The summed E-state index contributed by atoms with van der Waals surface area (Å²) in [7, 11) is 0. The van der Waals surface area contributed by atoms with Gasteiger partial charge < -0.3 is 35.3 Å². The Kier molecular flexibility index (Phi) is 29.6. The van der Waals surface area contributed by atoms with Gasteiger partial charge in [-0.3, -0.25) is 0 Å². The Hall–Kier alpha value is -1.27. The van der Waals surface area contributed by atoms with Gasteiger partial charge in [-0.1, -0.05) is 0 Å². The van der Waals surface area contributed by atoms with Crippen molar-refractivity contribution in [2.24, 2.45) is 0 Å². The van der Waals surface area contributed by atoms with E-state index < -0.39 is 0 Å². The molecule has 4 nitrogen and oxygen atoms in total. The zero-order valence-electron chi connectivity index (χ0n) is 7.48. The van der Waals surface area contributed by atoms with Gasteiger partial charge in [0.15, 0.2) is 0 Å². The van der Waals surface area contributed by atoms with E-state index in [4.69, 9.17) is 9.30 Å². The van der Waals surface area contributed by atoms with Gasteiger partial charge in [0, 0.05) is 12.4 Å². The number of nitrogens with one attached hydrogen (secondary N) is 1. The average molecular weight is 281 g/mol. The third-order valence-electron chi connectivity index (χ3n) is 0.757. The molecule has 0 aliphatic carbocycles. The van der Waals surface area contributed by atoms with Crippen molar-refractivity contribution in [3.63, 3.8) is 0 Å². The monoisotopic (exact) mass is 283 g/mol. The fraction of sp³-hybridized carbons (Fsp3) is 0. The third kappa shape index (κ3) is 19.2. The second-order valence-corrected chi connectivity index (χ2v) is 1.44. The fourth-order valence-corrected chi connectivity index (χ4v) is 0.396. The summed E-state index contributed by atoms with van der Waals surface area (Å²) in [6.07, 6.45) is 5.08. The Balaban J connectivity index is -0.000000138. The van der Waals surface area contributed by atoms with Crippen molar-refractivity contribution >= 4 is 0 Å². The molecule has 1 N–H and O–H groups in total. The van der Waals surface area contributed by atoms with Gasteiger partial charge in [-0.25, -0.2) is 4.98 Å². The molecule has 0 atom stereocenters. The Morgan fingerprint density at radius 1 is 1.13 bits per heavy atom. The normalized spacial score (nSPS) is 5.60. The van der Waals surface area contributed by atoms with Crippen molar-refractivity contribution in [3.05, 3.63) is 62.4 Å². The van der Waals surface area contributed by atoms with Crippen molar-refractivity contribution in [1.82, 2.24) is 9.97 Å². The van der Waals surface area contributed by atoms with Crippen molar-refractivity contribution in [1.29, 1.82) is 0 Å². The van der Waals surface area contributed by atoms with Crippen molar-refractivity contribution in [3.8, 4) is 0 Å². The van der Waals surface area contributed by atoms with Gasteiger partial charge in [0.2, 0.25) is 0 Å². The minimum Gasteiger partial charge on any atom is -0.999 e. The van der Waals surface area contributed by atoms with Crippen LogP contribution in [0.3, 0.4) is 0 Å². The quantitative estimate of drug-likeness (QED) is 0.436. The SMILES string of the molecule is [C-]#[O+].[C-]#[O+].[Mo+2].[c-]1[c-][c-][cH-][c-]1.c1c[nH]cn1. The van der Waals surface area contributed by atoms with Crippen molar-refractivity contribution < 1.29 is 30.4 Å². The molecule has 1 aromatic heterocycles. The molecule has 76 valence electrons. The van der Waals surface area contributed by atoms with E-state index in [1.165, 1.54) is 0 Å². The van der Waals surface area contributed by atoms with E-state index in [0.717, 1.165) is 0 Å². The number of imidazole rings is 1. The van der Waals surface area contributed by atoms with E-state index in [1.807, 2.05) is 0 Å². The van der Waals surface area contributed by atoms with Crippen LogP contribution in [-0.2, 0) is 30.4 Å².